The topological polar surface area (TPSA) is 86.7 Å². The Kier molecular flexibility index (Phi) is 4.07. The highest BCUT2D eigenvalue weighted by Gasteiger charge is 2.44. The normalized spacial score (nSPS) is 23.9. The van der Waals surface area contributed by atoms with Gasteiger partial charge in [-0.05, 0) is 37.6 Å². The molecule has 0 aromatic heterocycles. The van der Waals surface area contributed by atoms with E-state index in [9.17, 15) is 17.6 Å². The van der Waals surface area contributed by atoms with Gasteiger partial charge in [-0.2, -0.15) is 0 Å². The first-order chi connectivity index (χ1) is 9.37. The van der Waals surface area contributed by atoms with E-state index in [0.717, 1.165) is 28.7 Å². The third kappa shape index (κ3) is 2.54. The monoisotopic (exact) mass is 302 g/mol. The van der Waals surface area contributed by atoms with Gasteiger partial charge < -0.3 is 5.11 Å². The summed E-state index contributed by atoms with van der Waals surface area (Å²) in [5.74, 6) is -1.59. The number of hydrogen-bond acceptors (Lipinski definition) is 4. The molecule has 0 radical (unpaired) electrons. The summed E-state index contributed by atoms with van der Waals surface area (Å²) in [4.78, 5) is 11.6. The van der Waals surface area contributed by atoms with E-state index in [-0.39, 0.29) is 17.9 Å². The van der Waals surface area contributed by atoms with Crippen LogP contribution >= 0.6 is 0 Å². The van der Waals surface area contributed by atoms with Gasteiger partial charge in [-0.25, -0.2) is 12.8 Å². The summed E-state index contributed by atoms with van der Waals surface area (Å²) in [7, 11) is -3.94. The zero-order valence-electron chi connectivity index (χ0n) is 10.8. The van der Waals surface area contributed by atoms with E-state index in [1.54, 1.807) is 6.92 Å². The van der Waals surface area contributed by atoms with Crippen molar-refractivity contribution in [1.82, 2.24) is 9.84 Å². The van der Waals surface area contributed by atoms with Crippen LogP contribution < -0.4 is 5.43 Å². The maximum absolute atomic E-state index is 12.8. The molecule has 2 unspecified atom stereocenters. The molecule has 8 heteroatoms. The maximum atomic E-state index is 12.8. The van der Waals surface area contributed by atoms with Crippen molar-refractivity contribution in [2.75, 3.05) is 6.61 Å². The fraction of sp³-hybridized carbons (Fsp3) is 0.417. The smallest absolute Gasteiger partial charge is 0.260 e. The molecule has 110 valence electrons. The van der Waals surface area contributed by atoms with Crippen LogP contribution in [0.25, 0.3) is 0 Å². The van der Waals surface area contributed by atoms with E-state index in [4.69, 9.17) is 5.11 Å². The van der Waals surface area contributed by atoms with E-state index in [1.807, 2.05) is 0 Å². The van der Waals surface area contributed by atoms with Gasteiger partial charge in [-0.15, -0.1) is 4.41 Å². The SMILES string of the molecule is CC1C(CCO)C(=O)NN1S(=O)(=O)c1ccc(F)cc1. The van der Waals surface area contributed by atoms with Gasteiger partial charge in [0, 0.05) is 6.61 Å². The fourth-order valence-electron chi connectivity index (χ4n) is 2.19. The number of nitrogens with zero attached hydrogens (tertiary/aromatic N) is 1. The number of halogens is 1. The van der Waals surface area contributed by atoms with Crippen LogP contribution in [-0.2, 0) is 14.8 Å². The summed E-state index contributed by atoms with van der Waals surface area (Å²) in [6.45, 7) is 1.38. The average Bonchev–Trinajstić information content (AvgIpc) is 2.68. The Balaban J connectivity index is 2.31. The predicted octanol–water partition coefficient (Wildman–Crippen LogP) is 0.248. The first-order valence-electron chi connectivity index (χ1n) is 6.09. The van der Waals surface area contributed by atoms with Crippen molar-refractivity contribution in [2.45, 2.75) is 24.3 Å². The number of hydrazine groups is 1. The van der Waals surface area contributed by atoms with E-state index >= 15 is 0 Å². The number of carbonyl (C=O) groups is 1. The molecule has 0 spiro atoms. The Morgan fingerprint density at radius 3 is 2.50 bits per heavy atom. The molecule has 1 fully saturated rings. The van der Waals surface area contributed by atoms with E-state index in [0.29, 0.717) is 0 Å². The van der Waals surface area contributed by atoms with Crippen molar-refractivity contribution in [1.29, 1.82) is 0 Å². The number of sulfonamides is 1. The number of carbonyl (C=O) groups excluding carboxylic acids is 1. The van der Waals surface area contributed by atoms with E-state index in [2.05, 4.69) is 5.43 Å². The second-order valence-corrected chi connectivity index (χ2v) is 6.41. The molecule has 0 aliphatic carbocycles. The average molecular weight is 302 g/mol. The van der Waals surface area contributed by atoms with Crippen molar-refractivity contribution < 1.29 is 22.7 Å². The summed E-state index contributed by atoms with van der Waals surface area (Å²) in [5.41, 5.74) is 2.29. The minimum atomic E-state index is -3.94. The van der Waals surface area contributed by atoms with Crippen LogP contribution in [0.1, 0.15) is 13.3 Å². The first-order valence-corrected chi connectivity index (χ1v) is 7.53. The highest BCUT2D eigenvalue weighted by atomic mass is 32.2. The lowest BCUT2D eigenvalue weighted by Crippen LogP contribution is -2.42. The molecule has 6 nitrogen and oxygen atoms in total. The van der Waals surface area contributed by atoms with Crippen LogP contribution in [0, 0.1) is 11.7 Å². The Labute approximate surface area is 116 Å². The molecule has 1 amide bonds. The summed E-state index contributed by atoms with van der Waals surface area (Å²) >= 11 is 0. The van der Waals surface area contributed by atoms with Crippen molar-refractivity contribution in [2.24, 2.45) is 5.92 Å². The Hall–Kier alpha value is -1.51. The maximum Gasteiger partial charge on any atom is 0.260 e. The van der Waals surface area contributed by atoms with Crippen LogP contribution in [-0.4, -0.2) is 36.5 Å². The largest absolute Gasteiger partial charge is 0.396 e. The molecule has 2 atom stereocenters. The standard InChI is InChI=1S/C12H15FN2O4S/c1-8-11(6-7-16)12(17)14-15(8)20(18,19)10-4-2-9(13)3-5-10/h2-5,8,11,16H,6-7H2,1H3,(H,14,17). The molecule has 1 saturated heterocycles. The number of aliphatic hydroxyl groups excluding tert-OH is 1. The lowest BCUT2D eigenvalue weighted by atomic mass is 10.00. The van der Waals surface area contributed by atoms with Crippen LogP contribution in [0.5, 0.6) is 0 Å². The molecule has 1 aromatic rings. The summed E-state index contributed by atoms with van der Waals surface area (Å²) in [6, 6.07) is 3.75. The van der Waals surface area contributed by atoms with Gasteiger partial charge in [0.1, 0.15) is 5.82 Å². The van der Waals surface area contributed by atoms with Crippen molar-refractivity contribution in [3.05, 3.63) is 30.1 Å². The number of aliphatic hydroxyl groups is 1. The molecule has 0 bridgehead atoms. The highest BCUT2D eigenvalue weighted by molar-refractivity contribution is 7.89. The molecule has 1 aromatic carbocycles. The molecule has 1 aliphatic rings. The molecule has 1 heterocycles. The van der Waals surface area contributed by atoms with Crippen LogP contribution in [0.2, 0.25) is 0 Å². The molecular formula is C12H15FN2O4S. The molecular weight excluding hydrogens is 287 g/mol. The Bertz CT molecular complexity index is 602. The van der Waals surface area contributed by atoms with Gasteiger partial charge in [0.15, 0.2) is 0 Å². The number of nitrogens with one attached hydrogen (secondary N) is 1. The van der Waals surface area contributed by atoms with Gasteiger partial charge in [0.25, 0.3) is 10.0 Å². The zero-order chi connectivity index (χ0) is 14.9. The van der Waals surface area contributed by atoms with E-state index < -0.39 is 33.7 Å². The van der Waals surface area contributed by atoms with E-state index in [1.165, 1.54) is 0 Å². The van der Waals surface area contributed by atoms with Gasteiger partial charge in [-0.3, -0.25) is 10.2 Å². The third-order valence-corrected chi connectivity index (χ3v) is 5.13. The highest BCUT2D eigenvalue weighted by Crippen LogP contribution is 2.26. The van der Waals surface area contributed by atoms with Crippen LogP contribution in [0.4, 0.5) is 4.39 Å². The van der Waals surface area contributed by atoms with Gasteiger partial charge in [0.05, 0.1) is 16.9 Å². The predicted molar refractivity (Wildman–Crippen MR) is 68.2 cm³/mol. The summed E-state index contributed by atoms with van der Waals surface area (Å²) < 4.78 is 38.5. The molecule has 2 N–H and O–H groups in total. The second-order valence-electron chi connectivity index (χ2n) is 4.59. The molecule has 1 aliphatic heterocycles. The lowest BCUT2D eigenvalue weighted by Gasteiger charge is -2.21. The van der Waals surface area contributed by atoms with Crippen LogP contribution in [0.15, 0.2) is 29.2 Å². The number of benzene rings is 1. The minimum Gasteiger partial charge on any atom is -0.396 e. The van der Waals surface area contributed by atoms with Gasteiger partial charge >= 0.3 is 0 Å². The number of rotatable bonds is 4. The minimum absolute atomic E-state index is 0.101. The van der Waals surface area contributed by atoms with Gasteiger partial charge in [-0.1, -0.05) is 0 Å². The van der Waals surface area contributed by atoms with Crippen LogP contribution in [0.3, 0.4) is 0 Å². The Morgan fingerprint density at radius 1 is 1.35 bits per heavy atom. The van der Waals surface area contributed by atoms with Crippen molar-refractivity contribution >= 4 is 15.9 Å². The Morgan fingerprint density at radius 2 is 1.95 bits per heavy atom. The molecule has 2 rings (SSSR count). The quantitative estimate of drug-likeness (QED) is 0.834. The number of amides is 1. The lowest BCUT2D eigenvalue weighted by molar-refractivity contribution is -0.123. The summed E-state index contributed by atoms with van der Waals surface area (Å²) in [6.07, 6.45) is 0.183. The fourth-order valence-corrected chi connectivity index (χ4v) is 3.69. The second kappa shape index (κ2) is 5.47. The summed E-state index contributed by atoms with van der Waals surface area (Å²) in [5, 5.41) is 8.91. The van der Waals surface area contributed by atoms with Gasteiger partial charge in [0.2, 0.25) is 5.91 Å². The van der Waals surface area contributed by atoms with Crippen molar-refractivity contribution in [3.63, 3.8) is 0 Å². The molecule has 0 saturated carbocycles. The first kappa shape index (κ1) is 14.9. The van der Waals surface area contributed by atoms with Crippen molar-refractivity contribution in [3.8, 4) is 0 Å². The molecule has 20 heavy (non-hydrogen) atoms. The number of hydrogen-bond donors (Lipinski definition) is 2. The third-order valence-electron chi connectivity index (χ3n) is 3.32. The zero-order valence-corrected chi connectivity index (χ0v) is 11.6.